The standard InChI is InChI=1S/C17H24N2O2/c1-20-9-4-10-21-17(16-7-3-8-19-13-16)15-6-2-5-14(11-15)12-18/h2,5-6,11,16-17,19H,3-4,7-10,13H2,1H3. The predicted octanol–water partition coefficient (Wildman–Crippen LogP) is 2.65. The second kappa shape index (κ2) is 8.78. The summed E-state index contributed by atoms with van der Waals surface area (Å²) in [7, 11) is 1.71. The van der Waals surface area contributed by atoms with E-state index in [4.69, 9.17) is 14.7 Å². The topological polar surface area (TPSA) is 54.3 Å². The number of benzene rings is 1. The highest BCUT2D eigenvalue weighted by Gasteiger charge is 2.25. The van der Waals surface area contributed by atoms with E-state index < -0.39 is 0 Å². The summed E-state index contributed by atoms with van der Waals surface area (Å²) >= 11 is 0. The van der Waals surface area contributed by atoms with Gasteiger partial charge in [0, 0.05) is 32.8 Å². The fraction of sp³-hybridized carbons (Fsp3) is 0.588. The Kier molecular flexibility index (Phi) is 6.68. The Morgan fingerprint density at radius 3 is 3.05 bits per heavy atom. The summed E-state index contributed by atoms with van der Waals surface area (Å²) in [5, 5.41) is 12.5. The normalized spacial score (nSPS) is 19.9. The second-order valence-corrected chi connectivity index (χ2v) is 5.48. The molecule has 1 saturated heterocycles. The zero-order chi connectivity index (χ0) is 14.9. The lowest BCUT2D eigenvalue weighted by molar-refractivity contribution is -0.00503. The van der Waals surface area contributed by atoms with Gasteiger partial charge in [-0.05, 0) is 43.5 Å². The first-order valence-corrected chi connectivity index (χ1v) is 7.66. The van der Waals surface area contributed by atoms with Gasteiger partial charge in [-0.3, -0.25) is 0 Å². The molecule has 2 unspecified atom stereocenters. The van der Waals surface area contributed by atoms with Gasteiger partial charge in [0.25, 0.3) is 0 Å². The molecule has 2 atom stereocenters. The lowest BCUT2D eigenvalue weighted by atomic mass is 9.88. The Balaban J connectivity index is 2.07. The Bertz CT molecular complexity index is 464. The van der Waals surface area contributed by atoms with Crippen LogP contribution in [0.25, 0.3) is 0 Å². The molecule has 0 saturated carbocycles. The summed E-state index contributed by atoms with van der Waals surface area (Å²) in [6.45, 7) is 3.47. The van der Waals surface area contributed by atoms with Crippen LogP contribution in [-0.2, 0) is 9.47 Å². The molecule has 21 heavy (non-hydrogen) atoms. The number of nitriles is 1. The van der Waals surface area contributed by atoms with Crippen LogP contribution in [0.4, 0.5) is 0 Å². The number of hydrogen-bond acceptors (Lipinski definition) is 4. The minimum absolute atomic E-state index is 0.0583. The van der Waals surface area contributed by atoms with E-state index in [2.05, 4.69) is 17.5 Å². The minimum atomic E-state index is 0.0583. The fourth-order valence-electron chi connectivity index (χ4n) is 2.84. The molecule has 4 heteroatoms. The predicted molar refractivity (Wildman–Crippen MR) is 81.9 cm³/mol. The third-order valence-corrected chi connectivity index (χ3v) is 3.90. The van der Waals surface area contributed by atoms with Crippen molar-refractivity contribution >= 4 is 0 Å². The van der Waals surface area contributed by atoms with E-state index in [9.17, 15) is 0 Å². The van der Waals surface area contributed by atoms with Gasteiger partial charge in [0.2, 0.25) is 0 Å². The van der Waals surface area contributed by atoms with Gasteiger partial charge in [-0.2, -0.15) is 5.26 Å². The molecule has 0 radical (unpaired) electrons. The Labute approximate surface area is 127 Å². The van der Waals surface area contributed by atoms with Crippen LogP contribution in [0.5, 0.6) is 0 Å². The molecule has 0 aliphatic carbocycles. The van der Waals surface area contributed by atoms with Crippen LogP contribution in [0.15, 0.2) is 24.3 Å². The summed E-state index contributed by atoms with van der Waals surface area (Å²) < 4.78 is 11.2. The van der Waals surface area contributed by atoms with Crippen molar-refractivity contribution in [1.82, 2.24) is 5.32 Å². The van der Waals surface area contributed by atoms with Crippen molar-refractivity contribution < 1.29 is 9.47 Å². The van der Waals surface area contributed by atoms with Crippen LogP contribution in [-0.4, -0.2) is 33.4 Å². The molecule has 0 aromatic heterocycles. The molecule has 0 bridgehead atoms. The Morgan fingerprint density at radius 2 is 2.33 bits per heavy atom. The molecule has 0 amide bonds. The average Bonchev–Trinajstić information content (AvgIpc) is 2.56. The summed E-state index contributed by atoms with van der Waals surface area (Å²) in [5.41, 5.74) is 1.81. The quantitative estimate of drug-likeness (QED) is 0.784. The Morgan fingerprint density at radius 1 is 1.43 bits per heavy atom. The molecule has 1 N–H and O–H groups in total. The van der Waals surface area contributed by atoms with E-state index in [1.807, 2.05) is 18.2 Å². The van der Waals surface area contributed by atoms with E-state index in [0.717, 1.165) is 25.1 Å². The van der Waals surface area contributed by atoms with Crippen LogP contribution < -0.4 is 5.32 Å². The van der Waals surface area contributed by atoms with Gasteiger partial charge >= 0.3 is 0 Å². The molecule has 1 aliphatic rings. The number of hydrogen-bond donors (Lipinski definition) is 1. The number of nitrogens with zero attached hydrogens (tertiary/aromatic N) is 1. The summed E-state index contributed by atoms with van der Waals surface area (Å²) in [5.74, 6) is 0.468. The van der Waals surface area contributed by atoms with Gasteiger partial charge in [0.1, 0.15) is 0 Å². The highest BCUT2D eigenvalue weighted by Crippen LogP contribution is 2.31. The summed E-state index contributed by atoms with van der Waals surface area (Å²) in [6, 6.07) is 10.0. The van der Waals surface area contributed by atoms with Crippen LogP contribution in [0.1, 0.15) is 36.5 Å². The fourth-order valence-corrected chi connectivity index (χ4v) is 2.84. The van der Waals surface area contributed by atoms with Crippen LogP contribution in [0.3, 0.4) is 0 Å². The maximum Gasteiger partial charge on any atom is 0.0991 e. The van der Waals surface area contributed by atoms with Crippen molar-refractivity contribution in [3.63, 3.8) is 0 Å². The van der Waals surface area contributed by atoms with E-state index in [1.165, 1.54) is 12.8 Å². The van der Waals surface area contributed by atoms with E-state index in [1.54, 1.807) is 7.11 Å². The van der Waals surface area contributed by atoms with Crippen molar-refractivity contribution in [2.45, 2.75) is 25.4 Å². The van der Waals surface area contributed by atoms with E-state index >= 15 is 0 Å². The third-order valence-electron chi connectivity index (χ3n) is 3.90. The van der Waals surface area contributed by atoms with Gasteiger partial charge in [-0.1, -0.05) is 12.1 Å². The lowest BCUT2D eigenvalue weighted by Crippen LogP contribution is -2.34. The largest absolute Gasteiger partial charge is 0.385 e. The zero-order valence-corrected chi connectivity index (χ0v) is 12.7. The van der Waals surface area contributed by atoms with E-state index in [-0.39, 0.29) is 6.10 Å². The highest BCUT2D eigenvalue weighted by atomic mass is 16.5. The smallest absolute Gasteiger partial charge is 0.0991 e. The molecular formula is C17H24N2O2. The highest BCUT2D eigenvalue weighted by molar-refractivity contribution is 5.34. The number of ether oxygens (including phenoxy) is 2. The SMILES string of the molecule is COCCCOC(c1cccc(C#N)c1)C1CCCNC1. The second-order valence-electron chi connectivity index (χ2n) is 5.48. The van der Waals surface area contributed by atoms with E-state index in [0.29, 0.717) is 24.7 Å². The molecule has 0 spiro atoms. The van der Waals surface area contributed by atoms with Crippen LogP contribution >= 0.6 is 0 Å². The molecule has 1 aliphatic heterocycles. The lowest BCUT2D eigenvalue weighted by Gasteiger charge is -2.31. The zero-order valence-electron chi connectivity index (χ0n) is 12.7. The number of piperidine rings is 1. The average molecular weight is 288 g/mol. The molecular weight excluding hydrogens is 264 g/mol. The molecule has 1 aromatic carbocycles. The van der Waals surface area contributed by atoms with Crippen molar-refractivity contribution in [3.8, 4) is 6.07 Å². The van der Waals surface area contributed by atoms with Gasteiger partial charge < -0.3 is 14.8 Å². The number of nitrogens with one attached hydrogen (secondary N) is 1. The maximum atomic E-state index is 9.08. The summed E-state index contributed by atoms with van der Waals surface area (Å²) in [4.78, 5) is 0. The first-order valence-electron chi connectivity index (χ1n) is 7.66. The minimum Gasteiger partial charge on any atom is -0.385 e. The molecule has 1 heterocycles. The van der Waals surface area contributed by atoms with Gasteiger partial charge in [0.15, 0.2) is 0 Å². The first-order chi connectivity index (χ1) is 10.3. The maximum absolute atomic E-state index is 9.08. The molecule has 1 aromatic rings. The van der Waals surface area contributed by atoms with Crippen LogP contribution in [0, 0.1) is 17.2 Å². The van der Waals surface area contributed by atoms with Crippen molar-refractivity contribution in [2.24, 2.45) is 5.92 Å². The molecule has 1 fully saturated rings. The van der Waals surface area contributed by atoms with Crippen molar-refractivity contribution in [3.05, 3.63) is 35.4 Å². The first kappa shape index (κ1) is 16.0. The number of methoxy groups -OCH3 is 1. The van der Waals surface area contributed by atoms with Gasteiger partial charge in [-0.25, -0.2) is 0 Å². The van der Waals surface area contributed by atoms with Crippen molar-refractivity contribution in [1.29, 1.82) is 5.26 Å². The molecule has 114 valence electrons. The van der Waals surface area contributed by atoms with Crippen LogP contribution in [0.2, 0.25) is 0 Å². The van der Waals surface area contributed by atoms with Crippen molar-refractivity contribution in [2.75, 3.05) is 33.4 Å². The molecule has 2 rings (SSSR count). The molecule has 4 nitrogen and oxygen atoms in total. The Hall–Kier alpha value is -1.41. The summed E-state index contributed by atoms with van der Waals surface area (Å²) in [6.07, 6.45) is 3.30. The number of rotatable bonds is 7. The monoisotopic (exact) mass is 288 g/mol. The third kappa shape index (κ3) is 4.82. The van der Waals surface area contributed by atoms with Gasteiger partial charge in [-0.15, -0.1) is 0 Å². The van der Waals surface area contributed by atoms with Gasteiger partial charge in [0.05, 0.1) is 17.7 Å².